The van der Waals surface area contributed by atoms with Crippen molar-refractivity contribution < 1.29 is 9.47 Å². The first-order valence-corrected chi connectivity index (χ1v) is 8.80. The van der Waals surface area contributed by atoms with E-state index in [4.69, 9.17) is 9.47 Å². The lowest BCUT2D eigenvalue weighted by molar-refractivity contribution is 0.174. The van der Waals surface area contributed by atoms with E-state index in [-0.39, 0.29) is 6.79 Å². The molecule has 3 aromatic heterocycles. The highest BCUT2D eigenvalue weighted by Crippen LogP contribution is 2.32. The zero-order valence-corrected chi connectivity index (χ0v) is 14.0. The molecule has 1 aliphatic heterocycles. The summed E-state index contributed by atoms with van der Waals surface area (Å²) in [6, 6.07) is 8.02. The number of anilines is 1. The fourth-order valence-corrected chi connectivity index (χ4v) is 3.55. The molecule has 124 valence electrons. The van der Waals surface area contributed by atoms with Crippen LogP contribution in [0.5, 0.6) is 11.5 Å². The van der Waals surface area contributed by atoms with Gasteiger partial charge >= 0.3 is 0 Å². The third kappa shape index (κ3) is 2.49. The molecule has 1 aliphatic rings. The Hall–Kier alpha value is -3.06. The van der Waals surface area contributed by atoms with Gasteiger partial charge < -0.3 is 14.8 Å². The molecule has 0 fully saturated rings. The summed E-state index contributed by atoms with van der Waals surface area (Å²) >= 11 is 1.67. The van der Waals surface area contributed by atoms with Gasteiger partial charge in [0.05, 0.1) is 11.9 Å². The number of hydrogen-bond donors (Lipinski definition) is 1. The summed E-state index contributed by atoms with van der Waals surface area (Å²) in [5, 5.41) is 7.54. The molecule has 1 N–H and O–H groups in total. The highest BCUT2D eigenvalue weighted by Gasteiger charge is 2.14. The minimum atomic E-state index is 0.284. The van der Waals surface area contributed by atoms with Crippen molar-refractivity contribution in [1.29, 1.82) is 0 Å². The average Bonchev–Trinajstić information content (AvgIpc) is 3.38. The van der Waals surface area contributed by atoms with Crippen LogP contribution >= 0.6 is 11.3 Å². The third-order valence-electron chi connectivity index (χ3n) is 4.14. The highest BCUT2D eigenvalue weighted by atomic mass is 32.1. The lowest BCUT2D eigenvalue weighted by atomic mass is 10.2. The number of rotatable bonds is 4. The fraction of sp³-hybridized carbons (Fsp3) is 0.111. The zero-order valence-electron chi connectivity index (χ0n) is 13.2. The van der Waals surface area contributed by atoms with Crippen LogP contribution in [0.3, 0.4) is 0 Å². The Morgan fingerprint density at radius 3 is 3.04 bits per heavy atom. The molecule has 0 aliphatic carbocycles. The van der Waals surface area contributed by atoms with E-state index in [0.29, 0.717) is 6.54 Å². The molecule has 25 heavy (non-hydrogen) atoms. The maximum Gasteiger partial charge on any atom is 0.231 e. The number of benzene rings is 1. The van der Waals surface area contributed by atoms with Gasteiger partial charge in [0.2, 0.25) is 6.79 Å². The second kappa shape index (κ2) is 5.78. The number of ether oxygens (including phenoxy) is 2. The first-order chi connectivity index (χ1) is 12.4. The molecule has 4 heterocycles. The number of imidazole rings is 1. The number of nitrogens with one attached hydrogen (secondary N) is 1. The topological polar surface area (TPSA) is 60.7 Å². The summed E-state index contributed by atoms with van der Waals surface area (Å²) in [4.78, 5) is 8.98. The molecule has 0 saturated carbocycles. The van der Waals surface area contributed by atoms with Gasteiger partial charge in [0.15, 0.2) is 23.0 Å². The quantitative estimate of drug-likeness (QED) is 0.607. The molecule has 7 heteroatoms. The van der Waals surface area contributed by atoms with E-state index in [1.165, 1.54) is 0 Å². The summed E-state index contributed by atoms with van der Waals surface area (Å²) in [7, 11) is 0. The van der Waals surface area contributed by atoms with Crippen LogP contribution in [0.2, 0.25) is 0 Å². The Labute approximate surface area is 147 Å². The van der Waals surface area contributed by atoms with E-state index >= 15 is 0 Å². The van der Waals surface area contributed by atoms with Crippen LogP contribution in [0.15, 0.2) is 53.6 Å². The van der Waals surface area contributed by atoms with E-state index < -0.39 is 0 Å². The summed E-state index contributed by atoms with van der Waals surface area (Å²) < 4.78 is 12.8. The summed E-state index contributed by atoms with van der Waals surface area (Å²) in [5.41, 5.74) is 4.12. The second-order valence-electron chi connectivity index (χ2n) is 5.67. The number of aromatic nitrogens is 3. The van der Waals surface area contributed by atoms with Gasteiger partial charge in [-0.15, -0.1) is 0 Å². The molecule has 4 aromatic rings. The summed E-state index contributed by atoms with van der Waals surface area (Å²) in [6.07, 6.45) is 5.60. The molecule has 0 saturated heterocycles. The Morgan fingerprint density at radius 1 is 1.16 bits per heavy atom. The van der Waals surface area contributed by atoms with Crippen molar-refractivity contribution in [3.63, 3.8) is 0 Å². The minimum absolute atomic E-state index is 0.284. The Kier molecular flexibility index (Phi) is 3.31. The number of nitrogens with zero attached hydrogens (tertiary/aromatic N) is 3. The predicted molar refractivity (Wildman–Crippen MR) is 96.2 cm³/mol. The molecule has 0 bridgehead atoms. The van der Waals surface area contributed by atoms with Crippen LogP contribution in [0.1, 0.15) is 5.56 Å². The first kappa shape index (κ1) is 14.3. The predicted octanol–water partition coefficient (Wildman–Crippen LogP) is 3.80. The van der Waals surface area contributed by atoms with Gasteiger partial charge in [-0.3, -0.25) is 4.40 Å². The van der Waals surface area contributed by atoms with E-state index in [9.17, 15) is 0 Å². The number of thiophene rings is 1. The maximum atomic E-state index is 5.42. The van der Waals surface area contributed by atoms with Gasteiger partial charge in [-0.05, 0) is 29.1 Å². The van der Waals surface area contributed by atoms with Crippen molar-refractivity contribution in [2.45, 2.75) is 6.54 Å². The highest BCUT2D eigenvalue weighted by molar-refractivity contribution is 7.08. The van der Waals surface area contributed by atoms with Gasteiger partial charge in [0, 0.05) is 29.9 Å². The van der Waals surface area contributed by atoms with Crippen molar-refractivity contribution in [3.8, 4) is 22.8 Å². The van der Waals surface area contributed by atoms with Crippen LogP contribution < -0.4 is 14.8 Å². The smallest absolute Gasteiger partial charge is 0.231 e. The van der Waals surface area contributed by atoms with Crippen LogP contribution in [0.4, 0.5) is 5.82 Å². The van der Waals surface area contributed by atoms with Gasteiger partial charge in [-0.1, -0.05) is 6.07 Å². The molecular weight excluding hydrogens is 336 g/mol. The zero-order chi connectivity index (χ0) is 16.6. The molecule has 0 radical (unpaired) electrons. The Balaban J connectivity index is 1.43. The lowest BCUT2D eigenvalue weighted by Crippen LogP contribution is -2.04. The first-order valence-electron chi connectivity index (χ1n) is 7.85. The third-order valence-corrected chi connectivity index (χ3v) is 4.83. The van der Waals surface area contributed by atoms with E-state index in [1.54, 1.807) is 17.5 Å². The van der Waals surface area contributed by atoms with Crippen molar-refractivity contribution in [2.75, 3.05) is 12.1 Å². The van der Waals surface area contributed by atoms with Crippen LogP contribution in [0.25, 0.3) is 16.9 Å². The largest absolute Gasteiger partial charge is 0.454 e. The summed E-state index contributed by atoms with van der Waals surface area (Å²) in [6.45, 7) is 0.913. The van der Waals surface area contributed by atoms with Crippen molar-refractivity contribution in [3.05, 3.63) is 59.2 Å². The molecule has 0 amide bonds. The monoisotopic (exact) mass is 350 g/mol. The average molecular weight is 350 g/mol. The van der Waals surface area contributed by atoms with Crippen LogP contribution in [0, 0.1) is 0 Å². The van der Waals surface area contributed by atoms with Crippen LogP contribution in [-0.4, -0.2) is 21.2 Å². The fourth-order valence-electron chi connectivity index (χ4n) is 2.90. The van der Waals surface area contributed by atoms with Crippen molar-refractivity contribution in [1.82, 2.24) is 14.4 Å². The number of hydrogen-bond acceptors (Lipinski definition) is 6. The van der Waals surface area contributed by atoms with Crippen molar-refractivity contribution in [2.24, 2.45) is 0 Å². The SMILES string of the molecule is c1cn2c(-c3ccsc3)cnc2c(NCc2ccc3c(c2)OCO3)n1. The normalized spacial score (nSPS) is 12.6. The van der Waals surface area contributed by atoms with E-state index in [0.717, 1.165) is 39.8 Å². The molecule has 0 spiro atoms. The van der Waals surface area contributed by atoms with Crippen LogP contribution in [-0.2, 0) is 6.54 Å². The lowest BCUT2D eigenvalue weighted by Gasteiger charge is -2.08. The Morgan fingerprint density at radius 2 is 2.12 bits per heavy atom. The second-order valence-corrected chi connectivity index (χ2v) is 6.45. The molecule has 1 aromatic carbocycles. The van der Waals surface area contributed by atoms with Crippen molar-refractivity contribution >= 4 is 22.8 Å². The molecule has 5 rings (SSSR count). The van der Waals surface area contributed by atoms with Gasteiger partial charge in [-0.2, -0.15) is 11.3 Å². The van der Waals surface area contributed by atoms with Gasteiger partial charge in [-0.25, -0.2) is 9.97 Å². The Bertz CT molecular complexity index is 1040. The van der Waals surface area contributed by atoms with Gasteiger partial charge in [0.25, 0.3) is 0 Å². The standard InChI is InChI=1S/C18H14N4O2S/c1-2-15-16(24-11-23-15)7-12(1)8-20-17-18-21-9-14(13-3-6-25-10-13)22(18)5-4-19-17/h1-7,9-10H,8,11H2,(H,19,20). The maximum absolute atomic E-state index is 5.42. The minimum Gasteiger partial charge on any atom is -0.454 e. The van der Waals surface area contributed by atoms with Gasteiger partial charge in [0.1, 0.15) is 0 Å². The molecular formula is C18H14N4O2S. The number of fused-ring (bicyclic) bond motifs is 2. The molecule has 6 nitrogen and oxygen atoms in total. The molecule has 0 atom stereocenters. The van der Waals surface area contributed by atoms with E-state index in [2.05, 4.69) is 36.5 Å². The molecule has 0 unspecified atom stereocenters. The summed E-state index contributed by atoms with van der Waals surface area (Å²) in [5.74, 6) is 2.32. The van der Waals surface area contributed by atoms with E-state index in [1.807, 2.05) is 30.6 Å².